The molecule has 3 aromatic rings. The zero-order valence-electron chi connectivity index (χ0n) is 11.8. The summed E-state index contributed by atoms with van der Waals surface area (Å²) in [5.74, 6) is 0.172. The lowest BCUT2D eigenvalue weighted by Crippen LogP contribution is -2.23. The molecule has 0 unspecified atom stereocenters. The fourth-order valence-corrected chi connectivity index (χ4v) is 3.02. The Labute approximate surface area is 136 Å². The van der Waals surface area contributed by atoms with Crippen molar-refractivity contribution >= 4 is 28.8 Å². The van der Waals surface area contributed by atoms with Crippen molar-refractivity contribution in [2.75, 3.05) is 0 Å². The molecule has 4 nitrogen and oxygen atoms in total. The average molecular weight is 333 g/mol. The Morgan fingerprint density at radius 3 is 2.91 bits per heavy atom. The molecule has 3 rings (SSSR count). The minimum atomic E-state index is -0.222. The summed E-state index contributed by atoms with van der Waals surface area (Å²) in [6.45, 7) is 2.21. The summed E-state index contributed by atoms with van der Waals surface area (Å²) in [7, 11) is 0. The summed E-state index contributed by atoms with van der Waals surface area (Å²) < 4.78 is 5.33. The van der Waals surface area contributed by atoms with Crippen molar-refractivity contribution < 1.29 is 9.32 Å². The third kappa shape index (κ3) is 2.91. The van der Waals surface area contributed by atoms with Gasteiger partial charge in [-0.15, -0.1) is 0 Å². The van der Waals surface area contributed by atoms with Gasteiger partial charge < -0.3 is 9.84 Å². The number of thiophene rings is 1. The van der Waals surface area contributed by atoms with Gasteiger partial charge in [0.05, 0.1) is 10.7 Å². The third-order valence-corrected chi connectivity index (χ3v) is 4.30. The fraction of sp³-hybridized carbons (Fsp3) is 0.125. The Bertz CT molecular complexity index is 796. The first-order chi connectivity index (χ1) is 10.7. The van der Waals surface area contributed by atoms with E-state index in [0.717, 1.165) is 5.56 Å². The van der Waals surface area contributed by atoms with Crippen LogP contribution in [0.4, 0.5) is 0 Å². The van der Waals surface area contributed by atoms with Crippen molar-refractivity contribution in [3.8, 4) is 11.3 Å². The first-order valence-electron chi connectivity index (χ1n) is 6.67. The van der Waals surface area contributed by atoms with Crippen LogP contribution >= 0.6 is 22.9 Å². The molecule has 22 heavy (non-hydrogen) atoms. The summed E-state index contributed by atoms with van der Waals surface area (Å²) >= 11 is 7.78. The highest BCUT2D eigenvalue weighted by Crippen LogP contribution is 2.31. The van der Waals surface area contributed by atoms with Crippen LogP contribution in [0.5, 0.6) is 0 Å². The number of nitrogens with zero attached hydrogens (tertiary/aromatic N) is 1. The summed E-state index contributed by atoms with van der Waals surface area (Å²) in [6, 6.07) is 9.19. The molecule has 2 heterocycles. The quantitative estimate of drug-likeness (QED) is 0.775. The number of halogens is 1. The van der Waals surface area contributed by atoms with Crippen LogP contribution in [0.15, 0.2) is 45.6 Å². The summed E-state index contributed by atoms with van der Waals surface area (Å²) in [4.78, 5) is 12.5. The van der Waals surface area contributed by atoms with Crippen molar-refractivity contribution in [1.82, 2.24) is 10.5 Å². The molecule has 1 N–H and O–H groups in total. The minimum absolute atomic E-state index is 0.222. The van der Waals surface area contributed by atoms with Crippen molar-refractivity contribution in [1.29, 1.82) is 0 Å². The number of benzene rings is 1. The number of aryl methyl sites for hydroxylation is 1. The maximum atomic E-state index is 12.5. The maximum absolute atomic E-state index is 12.5. The molecular formula is C16H13ClN2O2S. The highest BCUT2D eigenvalue weighted by molar-refractivity contribution is 7.07. The Hall–Kier alpha value is -2.11. The zero-order chi connectivity index (χ0) is 15.5. The van der Waals surface area contributed by atoms with Gasteiger partial charge in [-0.3, -0.25) is 4.79 Å². The molecule has 0 saturated heterocycles. The number of nitrogens with one attached hydrogen (secondary N) is 1. The van der Waals surface area contributed by atoms with Gasteiger partial charge in [-0.2, -0.15) is 11.3 Å². The molecule has 0 aliphatic rings. The van der Waals surface area contributed by atoms with Gasteiger partial charge in [0.15, 0.2) is 5.76 Å². The predicted molar refractivity (Wildman–Crippen MR) is 87.2 cm³/mol. The molecule has 1 aromatic carbocycles. The van der Waals surface area contributed by atoms with Crippen LogP contribution in [0.2, 0.25) is 5.02 Å². The predicted octanol–water partition coefficient (Wildman–Crippen LogP) is 4.29. The number of hydrogen-bond donors (Lipinski definition) is 1. The lowest BCUT2D eigenvalue weighted by atomic mass is 10.1. The SMILES string of the molecule is Cc1noc(-c2ccccc2Cl)c1C(=O)NCc1ccsc1. The lowest BCUT2D eigenvalue weighted by molar-refractivity contribution is 0.0950. The summed E-state index contributed by atoms with van der Waals surface area (Å²) in [5.41, 5.74) is 2.68. The van der Waals surface area contributed by atoms with E-state index in [-0.39, 0.29) is 5.91 Å². The highest BCUT2D eigenvalue weighted by Gasteiger charge is 2.22. The molecular weight excluding hydrogens is 320 g/mol. The van der Waals surface area contributed by atoms with Gasteiger partial charge in [-0.05, 0) is 41.4 Å². The topological polar surface area (TPSA) is 55.1 Å². The standard InChI is InChI=1S/C16H13ClN2O2S/c1-10-14(16(20)18-8-11-6-7-22-9-11)15(21-19-10)12-4-2-3-5-13(12)17/h2-7,9H,8H2,1H3,(H,18,20). The molecule has 0 aliphatic heterocycles. The Morgan fingerprint density at radius 1 is 1.36 bits per heavy atom. The van der Waals surface area contributed by atoms with E-state index < -0.39 is 0 Å². The number of rotatable bonds is 4. The number of carbonyl (C=O) groups is 1. The van der Waals surface area contributed by atoms with Crippen molar-refractivity contribution in [3.63, 3.8) is 0 Å². The van der Waals surface area contributed by atoms with E-state index >= 15 is 0 Å². The molecule has 0 atom stereocenters. The average Bonchev–Trinajstić information content (AvgIpc) is 3.15. The largest absolute Gasteiger partial charge is 0.355 e. The first-order valence-corrected chi connectivity index (χ1v) is 7.99. The second-order valence-corrected chi connectivity index (χ2v) is 5.95. The molecule has 0 saturated carbocycles. The van der Waals surface area contributed by atoms with E-state index in [1.54, 1.807) is 30.4 Å². The normalized spacial score (nSPS) is 10.6. The van der Waals surface area contributed by atoms with Gasteiger partial charge >= 0.3 is 0 Å². The summed E-state index contributed by atoms with van der Waals surface area (Å²) in [5, 5.41) is 11.3. The van der Waals surface area contributed by atoms with Crippen molar-refractivity contribution in [3.05, 3.63) is 62.9 Å². The maximum Gasteiger partial charge on any atom is 0.257 e. The smallest absolute Gasteiger partial charge is 0.257 e. The Morgan fingerprint density at radius 2 is 2.18 bits per heavy atom. The van der Waals surface area contributed by atoms with E-state index in [4.69, 9.17) is 16.1 Å². The molecule has 0 fully saturated rings. The molecule has 2 aromatic heterocycles. The highest BCUT2D eigenvalue weighted by atomic mass is 35.5. The van der Waals surface area contributed by atoms with Crippen LogP contribution in [-0.4, -0.2) is 11.1 Å². The van der Waals surface area contributed by atoms with E-state index in [0.29, 0.717) is 34.1 Å². The van der Waals surface area contributed by atoms with Gasteiger partial charge in [-0.25, -0.2) is 0 Å². The van der Waals surface area contributed by atoms with E-state index in [2.05, 4.69) is 10.5 Å². The minimum Gasteiger partial charge on any atom is -0.355 e. The molecule has 0 spiro atoms. The van der Waals surface area contributed by atoms with Gasteiger partial charge in [-0.1, -0.05) is 28.9 Å². The Kier molecular flexibility index (Phi) is 4.27. The van der Waals surface area contributed by atoms with E-state index in [1.807, 2.05) is 29.0 Å². The molecule has 0 aliphatic carbocycles. The van der Waals surface area contributed by atoms with Gasteiger partial charge in [0.25, 0.3) is 5.91 Å². The second-order valence-electron chi connectivity index (χ2n) is 4.77. The van der Waals surface area contributed by atoms with Crippen molar-refractivity contribution in [2.24, 2.45) is 0 Å². The number of aromatic nitrogens is 1. The molecule has 6 heteroatoms. The molecule has 112 valence electrons. The second kappa shape index (κ2) is 6.34. The van der Waals surface area contributed by atoms with Crippen LogP contribution < -0.4 is 5.32 Å². The van der Waals surface area contributed by atoms with Gasteiger partial charge in [0.2, 0.25) is 0 Å². The fourth-order valence-electron chi connectivity index (χ4n) is 2.13. The van der Waals surface area contributed by atoms with Crippen LogP contribution in [-0.2, 0) is 6.54 Å². The molecule has 0 radical (unpaired) electrons. The Balaban J connectivity index is 1.89. The van der Waals surface area contributed by atoms with Crippen LogP contribution in [0.1, 0.15) is 21.6 Å². The van der Waals surface area contributed by atoms with E-state index in [1.165, 1.54) is 0 Å². The number of carbonyl (C=O) groups excluding carboxylic acids is 1. The van der Waals surface area contributed by atoms with Crippen LogP contribution in [0.3, 0.4) is 0 Å². The first kappa shape index (κ1) is 14.8. The van der Waals surface area contributed by atoms with Gasteiger partial charge in [0.1, 0.15) is 5.56 Å². The lowest BCUT2D eigenvalue weighted by Gasteiger charge is -2.05. The van der Waals surface area contributed by atoms with Crippen LogP contribution in [0.25, 0.3) is 11.3 Å². The van der Waals surface area contributed by atoms with E-state index in [9.17, 15) is 4.79 Å². The van der Waals surface area contributed by atoms with Gasteiger partial charge in [0, 0.05) is 12.1 Å². The number of amides is 1. The third-order valence-electron chi connectivity index (χ3n) is 3.24. The monoisotopic (exact) mass is 332 g/mol. The molecule has 0 bridgehead atoms. The zero-order valence-corrected chi connectivity index (χ0v) is 13.4. The number of hydrogen-bond acceptors (Lipinski definition) is 4. The molecule has 1 amide bonds. The summed E-state index contributed by atoms with van der Waals surface area (Å²) in [6.07, 6.45) is 0. The van der Waals surface area contributed by atoms with Crippen LogP contribution in [0, 0.1) is 6.92 Å². The van der Waals surface area contributed by atoms with Crippen molar-refractivity contribution in [2.45, 2.75) is 13.5 Å².